The lowest BCUT2D eigenvalue weighted by atomic mass is 10.0. The van der Waals surface area contributed by atoms with E-state index >= 15 is 0 Å². The number of halogens is 1. The SMILES string of the molecule is Cc1cc(C)cc(Cc2cnc(NC(=O)/C=C/c3cc4cc(Cl)ccc4o3)s2)c1. The zero-order valence-corrected chi connectivity index (χ0v) is 17.6. The molecular weight excluding hydrogens is 404 g/mol. The van der Waals surface area contributed by atoms with E-state index in [0.717, 1.165) is 22.3 Å². The molecule has 1 N–H and O–H groups in total. The van der Waals surface area contributed by atoms with E-state index in [0.29, 0.717) is 15.9 Å². The second-order valence-electron chi connectivity index (χ2n) is 6.96. The number of anilines is 1. The molecule has 2 heterocycles. The number of benzene rings is 2. The van der Waals surface area contributed by atoms with E-state index < -0.39 is 0 Å². The first-order valence-electron chi connectivity index (χ1n) is 9.15. The Morgan fingerprint density at radius 3 is 2.76 bits per heavy atom. The lowest BCUT2D eigenvalue weighted by molar-refractivity contribution is -0.111. The van der Waals surface area contributed by atoms with Crippen LogP contribution in [0.4, 0.5) is 5.13 Å². The molecule has 0 aliphatic heterocycles. The molecule has 1 amide bonds. The quantitative estimate of drug-likeness (QED) is 0.378. The van der Waals surface area contributed by atoms with Gasteiger partial charge in [0.1, 0.15) is 11.3 Å². The molecule has 4 nitrogen and oxygen atoms in total. The first kappa shape index (κ1) is 19.4. The third-order valence-corrected chi connectivity index (χ3v) is 5.49. The third-order valence-electron chi connectivity index (χ3n) is 4.34. The van der Waals surface area contributed by atoms with Gasteiger partial charge in [-0.1, -0.05) is 40.9 Å². The Bertz CT molecular complexity index is 1200. The van der Waals surface area contributed by atoms with Gasteiger partial charge in [0, 0.05) is 34.0 Å². The Balaban J connectivity index is 1.40. The number of thiazole rings is 1. The molecule has 0 atom stereocenters. The maximum atomic E-state index is 12.2. The van der Waals surface area contributed by atoms with E-state index in [4.69, 9.17) is 16.0 Å². The zero-order chi connectivity index (χ0) is 20.4. The van der Waals surface area contributed by atoms with Gasteiger partial charge in [-0.05, 0) is 49.8 Å². The fraction of sp³-hybridized carbons (Fsp3) is 0.130. The molecule has 0 aliphatic carbocycles. The Kier molecular flexibility index (Phi) is 5.51. The predicted octanol–water partition coefficient (Wildman–Crippen LogP) is 6.40. The van der Waals surface area contributed by atoms with E-state index in [1.54, 1.807) is 12.1 Å². The van der Waals surface area contributed by atoms with E-state index in [9.17, 15) is 4.79 Å². The van der Waals surface area contributed by atoms with Crippen LogP contribution in [-0.4, -0.2) is 10.9 Å². The number of hydrogen-bond donors (Lipinski definition) is 1. The number of amides is 1. The molecule has 0 bridgehead atoms. The van der Waals surface area contributed by atoms with Crippen molar-refractivity contribution in [2.45, 2.75) is 20.3 Å². The number of nitrogens with one attached hydrogen (secondary N) is 1. The third kappa shape index (κ3) is 4.94. The highest BCUT2D eigenvalue weighted by molar-refractivity contribution is 7.15. The van der Waals surface area contributed by atoms with Crippen molar-refractivity contribution < 1.29 is 9.21 Å². The molecule has 0 radical (unpaired) electrons. The predicted molar refractivity (Wildman–Crippen MR) is 120 cm³/mol. The molecule has 146 valence electrons. The molecule has 2 aromatic heterocycles. The van der Waals surface area contributed by atoms with E-state index in [2.05, 4.69) is 42.3 Å². The van der Waals surface area contributed by atoms with E-state index in [1.165, 1.54) is 34.1 Å². The highest BCUT2D eigenvalue weighted by Gasteiger charge is 2.07. The van der Waals surface area contributed by atoms with Crippen molar-refractivity contribution in [3.05, 3.63) is 87.1 Å². The van der Waals surface area contributed by atoms with Gasteiger partial charge in [-0.2, -0.15) is 0 Å². The van der Waals surface area contributed by atoms with Crippen molar-refractivity contribution in [2.24, 2.45) is 0 Å². The van der Waals surface area contributed by atoms with Crippen LogP contribution >= 0.6 is 22.9 Å². The molecule has 0 spiro atoms. The minimum atomic E-state index is -0.254. The molecule has 0 unspecified atom stereocenters. The van der Waals surface area contributed by atoms with Gasteiger partial charge in [-0.3, -0.25) is 10.1 Å². The lowest BCUT2D eigenvalue weighted by Crippen LogP contribution is -2.06. The molecule has 0 saturated carbocycles. The summed E-state index contributed by atoms with van der Waals surface area (Å²) in [6, 6.07) is 13.8. The van der Waals surface area contributed by atoms with Gasteiger partial charge >= 0.3 is 0 Å². The smallest absolute Gasteiger partial charge is 0.250 e. The maximum Gasteiger partial charge on any atom is 0.250 e. The molecule has 0 fully saturated rings. The van der Waals surface area contributed by atoms with Crippen molar-refractivity contribution in [3.8, 4) is 0 Å². The Labute approximate surface area is 177 Å². The average molecular weight is 423 g/mol. The monoisotopic (exact) mass is 422 g/mol. The minimum absolute atomic E-state index is 0.254. The van der Waals surface area contributed by atoms with Crippen molar-refractivity contribution in [3.63, 3.8) is 0 Å². The fourth-order valence-electron chi connectivity index (χ4n) is 3.24. The number of furan rings is 1. The van der Waals surface area contributed by atoms with Crippen LogP contribution in [0.25, 0.3) is 17.0 Å². The topological polar surface area (TPSA) is 55.1 Å². The van der Waals surface area contributed by atoms with Crippen molar-refractivity contribution in [1.82, 2.24) is 4.98 Å². The standard InChI is InChI=1S/C23H19ClN2O2S/c1-14-7-15(2)9-16(8-14)10-20-13-25-23(29-20)26-22(27)6-4-19-12-17-11-18(24)3-5-21(17)28-19/h3-9,11-13H,10H2,1-2H3,(H,25,26,27)/b6-4+. The second-order valence-corrected chi connectivity index (χ2v) is 8.51. The summed E-state index contributed by atoms with van der Waals surface area (Å²) in [6.45, 7) is 4.19. The maximum absolute atomic E-state index is 12.2. The lowest BCUT2D eigenvalue weighted by Gasteiger charge is -2.03. The van der Waals surface area contributed by atoms with Crippen LogP contribution in [-0.2, 0) is 11.2 Å². The number of aromatic nitrogens is 1. The Hall–Kier alpha value is -2.89. The number of carbonyl (C=O) groups is 1. The molecule has 4 aromatic rings. The van der Waals surface area contributed by atoms with Gasteiger partial charge in [0.05, 0.1) is 0 Å². The molecule has 2 aromatic carbocycles. The molecule has 29 heavy (non-hydrogen) atoms. The molecule has 0 aliphatic rings. The number of nitrogens with zero attached hydrogens (tertiary/aromatic N) is 1. The summed E-state index contributed by atoms with van der Waals surface area (Å²) < 4.78 is 5.67. The largest absolute Gasteiger partial charge is 0.457 e. The second kappa shape index (κ2) is 8.23. The average Bonchev–Trinajstić information content (AvgIpc) is 3.25. The van der Waals surface area contributed by atoms with E-state index in [-0.39, 0.29) is 5.91 Å². The van der Waals surface area contributed by atoms with Gasteiger partial charge < -0.3 is 4.42 Å². The highest BCUT2D eigenvalue weighted by atomic mass is 35.5. The Morgan fingerprint density at radius 1 is 1.17 bits per heavy atom. The fourth-order valence-corrected chi connectivity index (χ4v) is 4.27. The normalized spacial score (nSPS) is 11.4. The van der Waals surface area contributed by atoms with Gasteiger partial charge in [0.2, 0.25) is 5.91 Å². The number of hydrogen-bond acceptors (Lipinski definition) is 4. The number of rotatable bonds is 5. The minimum Gasteiger partial charge on any atom is -0.457 e. The van der Waals surface area contributed by atoms with Crippen molar-refractivity contribution >= 4 is 51.0 Å². The van der Waals surface area contributed by atoms with E-state index in [1.807, 2.05) is 24.4 Å². The zero-order valence-electron chi connectivity index (χ0n) is 16.0. The highest BCUT2D eigenvalue weighted by Crippen LogP contribution is 2.24. The van der Waals surface area contributed by atoms with Crippen LogP contribution in [0.15, 0.2) is 59.2 Å². The van der Waals surface area contributed by atoms with Crippen LogP contribution in [0.3, 0.4) is 0 Å². The first-order valence-corrected chi connectivity index (χ1v) is 10.3. The number of aryl methyl sites for hydroxylation is 2. The van der Waals surface area contributed by atoms with Gasteiger partial charge in [0.25, 0.3) is 0 Å². The molecular formula is C23H19ClN2O2S. The van der Waals surface area contributed by atoms with Crippen LogP contribution in [0.2, 0.25) is 5.02 Å². The Morgan fingerprint density at radius 2 is 1.97 bits per heavy atom. The van der Waals surface area contributed by atoms with Crippen molar-refractivity contribution in [2.75, 3.05) is 5.32 Å². The van der Waals surface area contributed by atoms with Crippen LogP contribution < -0.4 is 5.32 Å². The van der Waals surface area contributed by atoms with Gasteiger partial charge in [0.15, 0.2) is 5.13 Å². The first-order chi connectivity index (χ1) is 13.9. The summed E-state index contributed by atoms with van der Waals surface area (Å²) >= 11 is 7.46. The summed E-state index contributed by atoms with van der Waals surface area (Å²) in [5, 5.41) is 4.92. The van der Waals surface area contributed by atoms with Gasteiger partial charge in [-0.25, -0.2) is 4.98 Å². The molecule has 6 heteroatoms. The summed E-state index contributed by atoms with van der Waals surface area (Å²) in [7, 11) is 0. The van der Waals surface area contributed by atoms with Crippen LogP contribution in [0.5, 0.6) is 0 Å². The molecule has 0 saturated heterocycles. The summed E-state index contributed by atoms with van der Waals surface area (Å²) in [5.41, 5.74) is 4.46. The van der Waals surface area contributed by atoms with Gasteiger partial charge in [-0.15, -0.1) is 11.3 Å². The number of fused-ring (bicyclic) bond motifs is 1. The molecule has 4 rings (SSSR count). The van der Waals surface area contributed by atoms with Crippen LogP contribution in [0.1, 0.15) is 27.3 Å². The van der Waals surface area contributed by atoms with Crippen molar-refractivity contribution in [1.29, 1.82) is 0 Å². The number of carbonyl (C=O) groups excluding carboxylic acids is 1. The summed E-state index contributed by atoms with van der Waals surface area (Å²) in [6.07, 6.45) is 5.68. The van der Waals surface area contributed by atoms with Crippen LogP contribution in [0, 0.1) is 13.8 Å². The summed E-state index contributed by atoms with van der Waals surface area (Å²) in [5.74, 6) is 0.336. The summed E-state index contributed by atoms with van der Waals surface area (Å²) in [4.78, 5) is 17.6.